The summed E-state index contributed by atoms with van der Waals surface area (Å²) >= 11 is 0. The number of carbonyl (C=O) groups excluding carboxylic acids is 2. The minimum Gasteiger partial charge on any atom is -0.497 e. The van der Waals surface area contributed by atoms with E-state index in [1.807, 2.05) is 0 Å². The lowest BCUT2D eigenvalue weighted by Crippen LogP contribution is -2.30. The number of ether oxygens (including phenoxy) is 2. The third kappa shape index (κ3) is 3.44. The van der Waals surface area contributed by atoms with Crippen molar-refractivity contribution < 1.29 is 23.5 Å². The number of carbonyl (C=O) groups is 2. The summed E-state index contributed by atoms with van der Waals surface area (Å²) in [6, 6.07) is 3.82. The molecule has 1 aromatic carbocycles. The molecule has 0 aliphatic rings. The molecule has 0 aliphatic carbocycles. The van der Waals surface area contributed by atoms with Crippen molar-refractivity contribution in [2.24, 2.45) is 0 Å². The molecule has 1 N–H and O–H groups in total. The second-order valence-electron chi connectivity index (χ2n) is 3.10. The number of benzene rings is 1. The van der Waals surface area contributed by atoms with Gasteiger partial charge in [-0.1, -0.05) is 0 Å². The van der Waals surface area contributed by atoms with E-state index in [9.17, 15) is 14.0 Å². The van der Waals surface area contributed by atoms with Gasteiger partial charge >= 0.3 is 5.97 Å². The van der Waals surface area contributed by atoms with Crippen LogP contribution >= 0.6 is 0 Å². The van der Waals surface area contributed by atoms with Crippen LogP contribution in [0.4, 0.5) is 4.39 Å². The van der Waals surface area contributed by atoms with Gasteiger partial charge in [-0.3, -0.25) is 9.59 Å². The highest BCUT2D eigenvalue weighted by molar-refractivity contribution is 5.96. The molecule has 6 heteroatoms. The molecule has 1 aromatic rings. The minimum absolute atomic E-state index is 0.158. The van der Waals surface area contributed by atoms with Crippen molar-refractivity contribution in [2.45, 2.75) is 0 Å². The first kappa shape index (κ1) is 13.0. The zero-order valence-electron chi connectivity index (χ0n) is 9.45. The number of nitrogens with one attached hydrogen (secondary N) is 1. The molecule has 0 saturated heterocycles. The lowest BCUT2D eigenvalue weighted by molar-refractivity contribution is -0.139. The molecule has 0 fully saturated rings. The summed E-state index contributed by atoms with van der Waals surface area (Å²) < 4.78 is 22.6. The van der Waals surface area contributed by atoms with Gasteiger partial charge in [0.1, 0.15) is 18.1 Å². The molecule has 0 heterocycles. The van der Waals surface area contributed by atoms with Gasteiger partial charge in [-0.25, -0.2) is 4.39 Å². The number of esters is 1. The molecule has 0 aliphatic heterocycles. The maximum Gasteiger partial charge on any atom is 0.325 e. The average molecular weight is 241 g/mol. The second kappa shape index (κ2) is 5.83. The SMILES string of the molecule is COC(=O)CNC(=O)c1ccc(OC)cc1F. The van der Waals surface area contributed by atoms with Gasteiger partial charge in [0.25, 0.3) is 5.91 Å². The largest absolute Gasteiger partial charge is 0.497 e. The van der Waals surface area contributed by atoms with Crippen LogP contribution in [0.25, 0.3) is 0 Å². The Morgan fingerprint density at radius 2 is 2.06 bits per heavy atom. The molecule has 1 rings (SSSR count). The van der Waals surface area contributed by atoms with Crippen LogP contribution in [0.3, 0.4) is 0 Å². The topological polar surface area (TPSA) is 64.6 Å². The molecule has 0 aromatic heterocycles. The number of rotatable bonds is 4. The smallest absolute Gasteiger partial charge is 0.325 e. The van der Waals surface area contributed by atoms with Crippen LogP contribution in [-0.4, -0.2) is 32.6 Å². The lowest BCUT2D eigenvalue weighted by Gasteiger charge is -2.06. The summed E-state index contributed by atoms with van der Waals surface area (Å²) in [5.74, 6) is -1.69. The maximum atomic E-state index is 13.4. The Morgan fingerprint density at radius 3 is 2.59 bits per heavy atom. The Kier molecular flexibility index (Phi) is 4.45. The minimum atomic E-state index is -0.716. The highest BCUT2D eigenvalue weighted by Gasteiger charge is 2.13. The number of halogens is 1. The molecule has 0 radical (unpaired) electrons. The van der Waals surface area contributed by atoms with Crippen molar-refractivity contribution >= 4 is 11.9 Å². The Morgan fingerprint density at radius 1 is 1.35 bits per heavy atom. The van der Waals surface area contributed by atoms with E-state index >= 15 is 0 Å². The van der Waals surface area contributed by atoms with Gasteiger partial charge < -0.3 is 14.8 Å². The molecule has 5 nitrogen and oxygen atoms in total. The predicted octanol–water partition coefficient (Wildman–Crippen LogP) is 0.737. The molecule has 0 bridgehead atoms. The van der Waals surface area contributed by atoms with Crippen molar-refractivity contribution in [3.8, 4) is 5.75 Å². The Hall–Kier alpha value is -2.11. The first-order valence-corrected chi connectivity index (χ1v) is 4.77. The van der Waals surface area contributed by atoms with E-state index in [4.69, 9.17) is 4.74 Å². The van der Waals surface area contributed by atoms with E-state index in [0.29, 0.717) is 5.75 Å². The molecule has 92 valence electrons. The average Bonchev–Trinajstić information content (AvgIpc) is 2.35. The van der Waals surface area contributed by atoms with Crippen LogP contribution in [0, 0.1) is 5.82 Å². The van der Waals surface area contributed by atoms with Gasteiger partial charge in [0.15, 0.2) is 0 Å². The molecule has 0 atom stereocenters. The van der Waals surface area contributed by atoms with Crippen molar-refractivity contribution in [1.29, 1.82) is 0 Å². The van der Waals surface area contributed by atoms with Crippen molar-refractivity contribution in [3.63, 3.8) is 0 Å². The van der Waals surface area contributed by atoms with E-state index in [2.05, 4.69) is 10.1 Å². The van der Waals surface area contributed by atoms with Crippen LogP contribution < -0.4 is 10.1 Å². The highest BCUT2D eigenvalue weighted by Crippen LogP contribution is 2.15. The number of hydrogen-bond acceptors (Lipinski definition) is 4. The predicted molar refractivity (Wildman–Crippen MR) is 57.3 cm³/mol. The summed E-state index contributed by atoms with van der Waals surface area (Å²) in [5, 5.41) is 2.23. The molecule has 17 heavy (non-hydrogen) atoms. The Bertz CT molecular complexity index is 433. The van der Waals surface area contributed by atoms with Crippen LogP contribution in [0.5, 0.6) is 5.75 Å². The Labute approximate surface area is 97.5 Å². The van der Waals surface area contributed by atoms with Gasteiger partial charge in [0.05, 0.1) is 19.8 Å². The number of methoxy groups -OCH3 is 2. The van der Waals surface area contributed by atoms with Crippen LogP contribution in [0.2, 0.25) is 0 Å². The van der Waals surface area contributed by atoms with Crippen LogP contribution in [-0.2, 0) is 9.53 Å². The van der Waals surface area contributed by atoms with Gasteiger partial charge in [0.2, 0.25) is 0 Å². The number of hydrogen-bond donors (Lipinski definition) is 1. The highest BCUT2D eigenvalue weighted by atomic mass is 19.1. The third-order valence-electron chi connectivity index (χ3n) is 2.04. The molecule has 0 spiro atoms. The van der Waals surface area contributed by atoms with Crippen molar-refractivity contribution in [3.05, 3.63) is 29.6 Å². The normalized spacial score (nSPS) is 9.59. The Balaban J connectivity index is 2.72. The van der Waals surface area contributed by atoms with Gasteiger partial charge in [-0.2, -0.15) is 0 Å². The monoisotopic (exact) mass is 241 g/mol. The summed E-state index contributed by atoms with van der Waals surface area (Å²) in [7, 11) is 2.59. The van der Waals surface area contributed by atoms with E-state index in [1.165, 1.54) is 26.4 Å². The quantitative estimate of drug-likeness (QED) is 0.789. The third-order valence-corrected chi connectivity index (χ3v) is 2.04. The molecule has 0 unspecified atom stereocenters. The molecular formula is C11H12FNO4. The molecule has 0 saturated carbocycles. The fourth-order valence-electron chi connectivity index (χ4n) is 1.13. The van der Waals surface area contributed by atoms with Crippen LogP contribution in [0.15, 0.2) is 18.2 Å². The number of amides is 1. The first-order chi connectivity index (χ1) is 8.08. The van der Waals surface area contributed by atoms with Crippen molar-refractivity contribution in [2.75, 3.05) is 20.8 Å². The fraction of sp³-hybridized carbons (Fsp3) is 0.273. The van der Waals surface area contributed by atoms with E-state index in [0.717, 1.165) is 6.07 Å². The zero-order valence-corrected chi connectivity index (χ0v) is 9.45. The van der Waals surface area contributed by atoms with E-state index in [1.54, 1.807) is 0 Å². The van der Waals surface area contributed by atoms with E-state index in [-0.39, 0.29) is 12.1 Å². The molecular weight excluding hydrogens is 229 g/mol. The van der Waals surface area contributed by atoms with Gasteiger partial charge in [0, 0.05) is 6.07 Å². The van der Waals surface area contributed by atoms with Gasteiger partial charge in [-0.05, 0) is 12.1 Å². The standard InChI is InChI=1S/C11H12FNO4/c1-16-7-3-4-8(9(12)5-7)11(15)13-6-10(14)17-2/h3-5H,6H2,1-2H3,(H,13,15). The fourth-order valence-corrected chi connectivity index (χ4v) is 1.13. The summed E-state index contributed by atoms with van der Waals surface area (Å²) in [6.45, 7) is -0.305. The first-order valence-electron chi connectivity index (χ1n) is 4.77. The molecule has 1 amide bonds. The summed E-state index contributed by atoms with van der Waals surface area (Å²) in [6.07, 6.45) is 0. The lowest BCUT2D eigenvalue weighted by atomic mass is 10.2. The summed E-state index contributed by atoms with van der Waals surface area (Å²) in [4.78, 5) is 22.3. The summed E-state index contributed by atoms with van der Waals surface area (Å²) in [5.41, 5.74) is -0.158. The van der Waals surface area contributed by atoms with E-state index < -0.39 is 17.7 Å². The van der Waals surface area contributed by atoms with Crippen molar-refractivity contribution in [1.82, 2.24) is 5.32 Å². The maximum absolute atomic E-state index is 13.4. The zero-order chi connectivity index (χ0) is 12.8. The van der Waals surface area contributed by atoms with Crippen LogP contribution in [0.1, 0.15) is 10.4 Å². The second-order valence-corrected chi connectivity index (χ2v) is 3.10. The van der Waals surface area contributed by atoms with Gasteiger partial charge in [-0.15, -0.1) is 0 Å².